The van der Waals surface area contributed by atoms with Gasteiger partial charge in [0.1, 0.15) is 0 Å². The second-order valence-corrected chi connectivity index (χ2v) is 5.51. The molecule has 1 rings (SSSR count). The summed E-state index contributed by atoms with van der Waals surface area (Å²) in [7, 11) is 4.51. The maximum absolute atomic E-state index is 5.55. The van der Waals surface area contributed by atoms with E-state index in [0.29, 0.717) is 0 Å². The van der Waals surface area contributed by atoms with Crippen LogP contribution in [0.25, 0.3) is 0 Å². The van der Waals surface area contributed by atoms with Crippen molar-refractivity contribution in [3.05, 3.63) is 0 Å². The molecule has 3 nitrogen and oxygen atoms in total. The normalized spacial score (nSPS) is 21.6. The topological polar surface area (TPSA) is 32.5 Å². The van der Waals surface area contributed by atoms with Gasteiger partial charge in [-0.15, -0.1) is 0 Å². The first-order chi connectivity index (χ1) is 7.63. The Balaban J connectivity index is 2.20. The van der Waals surface area contributed by atoms with Crippen LogP contribution in [-0.4, -0.2) is 56.1 Å². The molecule has 0 aliphatic carbocycles. The third-order valence-electron chi connectivity index (χ3n) is 3.81. The molecule has 1 unspecified atom stereocenters. The molecule has 0 saturated carbocycles. The fraction of sp³-hybridized carbons (Fsp3) is 1.00. The SMILES string of the molecule is CC(CCCN)CN(C)C1CCN(C)CC1. The third-order valence-corrected chi connectivity index (χ3v) is 3.81. The highest BCUT2D eigenvalue weighted by Gasteiger charge is 2.21. The van der Waals surface area contributed by atoms with Crippen molar-refractivity contribution in [1.29, 1.82) is 0 Å². The molecule has 1 aliphatic heterocycles. The van der Waals surface area contributed by atoms with Gasteiger partial charge in [0.25, 0.3) is 0 Å². The second kappa shape index (κ2) is 7.25. The molecule has 0 radical (unpaired) electrons. The zero-order chi connectivity index (χ0) is 12.0. The Labute approximate surface area is 101 Å². The van der Waals surface area contributed by atoms with E-state index >= 15 is 0 Å². The van der Waals surface area contributed by atoms with Crippen molar-refractivity contribution in [2.45, 2.75) is 38.6 Å². The van der Waals surface area contributed by atoms with E-state index in [1.807, 2.05) is 0 Å². The lowest BCUT2D eigenvalue weighted by Gasteiger charge is -2.36. The van der Waals surface area contributed by atoms with E-state index in [-0.39, 0.29) is 0 Å². The van der Waals surface area contributed by atoms with Crippen molar-refractivity contribution in [1.82, 2.24) is 9.80 Å². The van der Waals surface area contributed by atoms with Crippen molar-refractivity contribution in [3.63, 3.8) is 0 Å². The molecule has 1 heterocycles. The summed E-state index contributed by atoms with van der Waals surface area (Å²) in [5.74, 6) is 0.785. The highest BCUT2D eigenvalue weighted by atomic mass is 15.2. The van der Waals surface area contributed by atoms with Gasteiger partial charge in [-0.1, -0.05) is 6.92 Å². The van der Waals surface area contributed by atoms with E-state index in [1.54, 1.807) is 0 Å². The molecule has 1 saturated heterocycles. The minimum atomic E-state index is 0.785. The number of nitrogens with two attached hydrogens (primary N) is 1. The van der Waals surface area contributed by atoms with Gasteiger partial charge in [-0.3, -0.25) is 0 Å². The summed E-state index contributed by atoms with van der Waals surface area (Å²) in [6.07, 6.45) is 5.10. The predicted molar refractivity (Wildman–Crippen MR) is 70.6 cm³/mol. The standard InChI is InChI=1S/C13H29N3/c1-12(5-4-8-14)11-16(3)13-6-9-15(2)10-7-13/h12-13H,4-11,14H2,1-3H3. The molecule has 1 fully saturated rings. The van der Waals surface area contributed by atoms with Crippen LogP contribution in [0, 0.1) is 5.92 Å². The Morgan fingerprint density at radius 1 is 1.38 bits per heavy atom. The summed E-state index contributed by atoms with van der Waals surface area (Å²) in [4.78, 5) is 5.00. The number of piperidine rings is 1. The quantitative estimate of drug-likeness (QED) is 0.744. The van der Waals surface area contributed by atoms with Crippen molar-refractivity contribution in [3.8, 4) is 0 Å². The zero-order valence-corrected chi connectivity index (χ0v) is 11.3. The molecule has 0 aromatic carbocycles. The Kier molecular flexibility index (Phi) is 6.32. The molecule has 0 amide bonds. The summed E-state index contributed by atoms with van der Waals surface area (Å²) in [6.45, 7) is 6.93. The van der Waals surface area contributed by atoms with E-state index in [1.165, 1.54) is 45.3 Å². The molecule has 1 aliphatic rings. The first-order valence-corrected chi connectivity index (χ1v) is 6.72. The summed E-state index contributed by atoms with van der Waals surface area (Å²) >= 11 is 0. The predicted octanol–water partition coefficient (Wildman–Crippen LogP) is 1.39. The molecule has 0 spiro atoms. The average Bonchev–Trinajstić information content (AvgIpc) is 2.27. The van der Waals surface area contributed by atoms with Crippen molar-refractivity contribution < 1.29 is 0 Å². The number of nitrogens with zero attached hydrogens (tertiary/aromatic N) is 2. The highest BCUT2D eigenvalue weighted by molar-refractivity contribution is 4.77. The van der Waals surface area contributed by atoms with Gasteiger partial charge >= 0.3 is 0 Å². The number of likely N-dealkylation sites (tertiary alicyclic amines) is 1. The molecule has 0 aromatic heterocycles. The lowest BCUT2D eigenvalue weighted by atomic mass is 10.0. The molecule has 96 valence electrons. The maximum atomic E-state index is 5.55. The molecule has 16 heavy (non-hydrogen) atoms. The Morgan fingerprint density at radius 2 is 2.00 bits per heavy atom. The Bertz CT molecular complexity index is 176. The fourth-order valence-corrected chi connectivity index (χ4v) is 2.63. The van der Waals surface area contributed by atoms with Gasteiger partial charge in [-0.2, -0.15) is 0 Å². The average molecular weight is 227 g/mol. The van der Waals surface area contributed by atoms with Crippen molar-refractivity contribution in [2.75, 3.05) is 40.3 Å². The van der Waals surface area contributed by atoms with Gasteiger partial charge in [0, 0.05) is 12.6 Å². The van der Waals surface area contributed by atoms with Gasteiger partial charge in [-0.25, -0.2) is 0 Å². The summed E-state index contributed by atoms with van der Waals surface area (Å²) in [5, 5.41) is 0. The molecular weight excluding hydrogens is 198 g/mol. The van der Waals surface area contributed by atoms with Crippen molar-refractivity contribution in [2.24, 2.45) is 11.7 Å². The second-order valence-electron chi connectivity index (χ2n) is 5.51. The maximum Gasteiger partial charge on any atom is 0.0117 e. The lowest BCUT2D eigenvalue weighted by Crippen LogP contribution is -2.43. The first kappa shape index (κ1) is 13.9. The molecule has 3 heteroatoms. The van der Waals surface area contributed by atoms with E-state index in [4.69, 9.17) is 5.73 Å². The molecular formula is C13H29N3. The van der Waals surface area contributed by atoms with Crippen molar-refractivity contribution >= 4 is 0 Å². The van der Waals surface area contributed by atoms with E-state index < -0.39 is 0 Å². The van der Waals surface area contributed by atoms with Crippen LogP contribution in [0.2, 0.25) is 0 Å². The number of rotatable bonds is 6. The minimum absolute atomic E-state index is 0.785. The largest absolute Gasteiger partial charge is 0.330 e. The zero-order valence-electron chi connectivity index (χ0n) is 11.3. The smallest absolute Gasteiger partial charge is 0.0117 e. The van der Waals surface area contributed by atoms with Crippen LogP contribution in [0.3, 0.4) is 0 Å². The molecule has 0 aromatic rings. The molecule has 0 bridgehead atoms. The Hall–Kier alpha value is -0.120. The Morgan fingerprint density at radius 3 is 2.56 bits per heavy atom. The van der Waals surface area contributed by atoms with Crippen LogP contribution >= 0.6 is 0 Å². The van der Waals surface area contributed by atoms with Crippen LogP contribution in [0.5, 0.6) is 0 Å². The van der Waals surface area contributed by atoms with E-state index in [0.717, 1.165) is 18.5 Å². The van der Waals surface area contributed by atoms with Crippen LogP contribution < -0.4 is 5.73 Å². The third kappa shape index (κ3) is 4.81. The van der Waals surface area contributed by atoms with Gasteiger partial charge < -0.3 is 15.5 Å². The summed E-state index contributed by atoms with van der Waals surface area (Å²) in [6, 6.07) is 0.802. The van der Waals surface area contributed by atoms with Gasteiger partial charge in [0.2, 0.25) is 0 Å². The van der Waals surface area contributed by atoms with E-state index in [9.17, 15) is 0 Å². The molecule has 1 atom stereocenters. The van der Waals surface area contributed by atoms with Crippen LogP contribution in [-0.2, 0) is 0 Å². The summed E-state index contributed by atoms with van der Waals surface area (Å²) < 4.78 is 0. The number of hydrogen-bond donors (Lipinski definition) is 1. The van der Waals surface area contributed by atoms with Crippen LogP contribution in [0.4, 0.5) is 0 Å². The lowest BCUT2D eigenvalue weighted by molar-refractivity contribution is 0.130. The number of hydrogen-bond acceptors (Lipinski definition) is 3. The monoisotopic (exact) mass is 227 g/mol. The van der Waals surface area contributed by atoms with E-state index in [2.05, 4.69) is 30.8 Å². The van der Waals surface area contributed by atoms with Crippen LogP contribution in [0.15, 0.2) is 0 Å². The van der Waals surface area contributed by atoms with Gasteiger partial charge in [0.15, 0.2) is 0 Å². The first-order valence-electron chi connectivity index (χ1n) is 6.72. The van der Waals surface area contributed by atoms with Gasteiger partial charge in [-0.05, 0) is 65.3 Å². The van der Waals surface area contributed by atoms with Crippen LogP contribution in [0.1, 0.15) is 32.6 Å². The minimum Gasteiger partial charge on any atom is -0.330 e. The highest BCUT2D eigenvalue weighted by Crippen LogP contribution is 2.16. The van der Waals surface area contributed by atoms with Gasteiger partial charge in [0.05, 0.1) is 0 Å². The summed E-state index contributed by atoms with van der Waals surface area (Å²) in [5.41, 5.74) is 5.55. The molecule has 2 N–H and O–H groups in total. The fourth-order valence-electron chi connectivity index (χ4n) is 2.63.